The van der Waals surface area contributed by atoms with Gasteiger partial charge in [0.05, 0.1) is 25.1 Å². The Morgan fingerprint density at radius 3 is 2.61 bits per heavy atom. The van der Waals surface area contributed by atoms with Gasteiger partial charge >= 0.3 is 12.1 Å². The summed E-state index contributed by atoms with van der Waals surface area (Å²) in [6.07, 6.45) is 10.0. The van der Waals surface area contributed by atoms with Crippen molar-refractivity contribution < 1.29 is 33.0 Å². The Hall–Kier alpha value is -4.08. The molecule has 10 heteroatoms. The molecule has 1 saturated carbocycles. The van der Waals surface area contributed by atoms with Crippen molar-refractivity contribution in [3.63, 3.8) is 0 Å². The second kappa shape index (κ2) is 15.0. The normalized spacial score (nSPS) is 18.6. The van der Waals surface area contributed by atoms with Crippen LogP contribution in [0.1, 0.15) is 89.5 Å². The molecule has 1 fully saturated rings. The summed E-state index contributed by atoms with van der Waals surface area (Å²) in [6.45, 7) is 10.8. The fraction of sp³-hybridized carbons (Fsp3) is 0.556. The predicted molar refractivity (Wildman–Crippen MR) is 175 cm³/mol. The Morgan fingerprint density at radius 2 is 1.89 bits per heavy atom. The summed E-state index contributed by atoms with van der Waals surface area (Å²) in [5.41, 5.74) is 1.79. The summed E-state index contributed by atoms with van der Waals surface area (Å²) in [6, 6.07) is 8.75. The van der Waals surface area contributed by atoms with Gasteiger partial charge in [-0.2, -0.15) is 0 Å². The first-order valence-electron chi connectivity index (χ1n) is 16.6. The number of fused-ring (bicyclic) bond motifs is 1. The van der Waals surface area contributed by atoms with Crippen LogP contribution in [0, 0.1) is 12.8 Å². The van der Waals surface area contributed by atoms with Crippen molar-refractivity contribution >= 4 is 28.9 Å². The molecule has 2 atom stereocenters. The first kappa shape index (κ1) is 33.3. The van der Waals surface area contributed by atoms with Crippen LogP contribution in [-0.2, 0) is 25.5 Å². The topological polar surface area (TPSA) is 113 Å². The molecule has 0 N–H and O–H groups in total. The summed E-state index contributed by atoms with van der Waals surface area (Å²) in [5.74, 6) is 1.65. The highest BCUT2D eigenvalue weighted by atomic mass is 16.6. The van der Waals surface area contributed by atoms with Gasteiger partial charge in [0.25, 0.3) is 5.90 Å². The van der Waals surface area contributed by atoms with Crippen LogP contribution in [0.25, 0.3) is 11.0 Å². The molecule has 10 nitrogen and oxygen atoms in total. The van der Waals surface area contributed by atoms with E-state index in [-0.39, 0.29) is 18.2 Å². The van der Waals surface area contributed by atoms with E-state index in [1.165, 1.54) is 19.3 Å². The molecule has 1 aromatic carbocycles. The lowest BCUT2D eigenvalue weighted by Crippen LogP contribution is -2.37. The van der Waals surface area contributed by atoms with Gasteiger partial charge in [0, 0.05) is 24.5 Å². The van der Waals surface area contributed by atoms with Gasteiger partial charge in [-0.25, -0.2) is 14.6 Å². The molecule has 2 aromatic heterocycles. The van der Waals surface area contributed by atoms with Gasteiger partial charge in [0.15, 0.2) is 11.8 Å². The van der Waals surface area contributed by atoms with E-state index in [4.69, 9.17) is 28.4 Å². The van der Waals surface area contributed by atoms with Crippen LogP contribution in [-0.4, -0.2) is 65.3 Å². The third-order valence-corrected chi connectivity index (χ3v) is 8.38. The number of rotatable bonds is 12. The Bertz CT molecular complexity index is 1510. The van der Waals surface area contributed by atoms with Crippen LogP contribution in [0.2, 0.25) is 0 Å². The molecule has 1 aliphatic heterocycles. The van der Waals surface area contributed by atoms with Gasteiger partial charge in [-0.05, 0) is 77.1 Å². The number of furan rings is 1. The maximum absolute atomic E-state index is 13.0. The number of benzene rings is 1. The number of amides is 1. The summed E-state index contributed by atoms with van der Waals surface area (Å²) in [7, 11) is 0. The van der Waals surface area contributed by atoms with Crippen LogP contribution in [0.4, 0.5) is 4.79 Å². The van der Waals surface area contributed by atoms with Crippen LogP contribution < -0.4 is 4.74 Å². The van der Waals surface area contributed by atoms with E-state index in [0.29, 0.717) is 61.6 Å². The molecule has 248 valence electrons. The first-order valence-corrected chi connectivity index (χ1v) is 16.6. The van der Waals surface area contributed by atoms with Gasteiger partial charge < -0.3 is 28.3 Å². The minimum atomic E-state index is -0.709. The maximum Gasteiger partial charge on any atom is 0.410 e. The van der Waals surface area contributed by atoms with Gasteiger partial charge in [-0.15, -0.1) is 0 Å². The van der Waals surface area contributed by atoms with E-state index in [0.717, 1.165) is 35.8 Å². The van der Waals surface area contributed by atoms with Gasteiger partial charge in [0.1, 0.15) is 23.0 Å². The molecular weight excluding hydrogens is 586 g/mol. The van der Waals surface area contributed by atoms with Gasteiger partial charge in [0.2, 0.25) is 0 Å². The van der Waals surface area contributed by atoms with Crippen molar-refractivity contribution in [1.29, 1.82) is 0 Å². The van der Waals surface area contributed by atoms with Crippen molar-refractivity contribution in [2.24, 2.45) is 10.9 Å². The van der Waals surface area contributed by atoms with Crippen molar-refractivity contribution in [2.75, 3.05) is 19.8 Å². The fourth-order valence-corrected chi connectivity index (χ4v) is 6.22. The van der Waals surface area contributed by atoms with Gasteiger partial charge in [-0.1, -0.05) is 44.2 Å². The zero-order valence-electron chi connectivity index (χ0n) is 27.8. The van der Waals surface area contributed by atoms with E-state index in [1.54, 1.807) is 24.2 Å². The Morgan fingerprint density at radius 1 is 1.09 bits per heavy atom. The second-order valence-electron chi connectivity index (χ2n) is 13.2. The molecule has 1 aliphatic carbocycles. The highest BCUT2D eigenvalue weighted by Crippen LogP contribution is 2.37. The van der Waals surface area contributed by atoms with E-state index >= 15 is 0 Å². The largest absolute Gasteiger partial charge is 0.493 e. The molecule has 3 aromatic rings. The molecule has 46 heavy (non-hydrogen) atoms. The van der Waals surface area contributed by atoms with E-state index in [2.05, 4.69) is 4.98 Å². The summed E-state index contributed by atoms with van der Waals surface area (Å²) in [5, 5.41) is 0.826. The number of carbonyl (C=O) groups is 2. The smallest absolute Gasteiger partial charge is 0.410 e. The van der Waals surface area contributed by atoms with Gasteiger partial charge in [-0.3, -0.25) is 4.98 Å². The lowest BCUT2D eigenvalue weighted by atomic mass is 9.84. The van der Waals surface area contributed by atoms with E-state index < -0.39 is 11.6 Å². The number of aryl methyl sites for hydroxylation is 1. The van der Waals surface area contributed by atoms with Crippen LogP contribution in [0.15, 0.2) is 52.1 Å². The van der Waals surface area contributed by atoms with Crippen molar-refractivity contribution in [2.45, 2.75) is 104 Å². The molecule has 0 bridgehead atoms. The molecule has 5 rings (SSSR count). The number of carbonyl (C=O) groups excluding carboxylic acids is 2. The van der Waals surface area contributed by atoms with E-state index in [1.807, 2.05) is 58.0 Å². The minimum absolute atomic E-state index is 0.291. The number of nitrogens with zero attached hydrogens (tertiary/aromatic N) is 3. The molecule has 0 radical (unpaired) electrons. The highest BCUT2D eigenvalue weighted by Gasteiger charge is 2.41. The second-order valence-corrected chi connectivity index (χ2v) is 13.2. The number of hydrogen-bond acceptors (Lipinski definition) is 9. The monoisotopic (exact) mass is 633 g/mol. The summed E-state index contributed by atoms with van der Waals surface area (Å²) >= 11 is 0. The molecule has 0 unspecified atom stereocenters. The average molecular weight is 634 g/mol. The standard InChI is InChI=1S/C36H47N3O7/c1-6-42-34(40)31-29(21-25-13-8-7-9-14-25)45-33(38-31)32-24(2)30-27(16-10-17-28(30)44-32)43-20-12-19-39(35(41)46-36(3,4)5)23-26-15-11-18-37-22-26/h10-11,15-18,22,25,29,31H,6-9,12-14,19-21,23H2,1-5H3/t29-,31+/m1/s1. The van der Waals surface area contributed by atoms with Crippen LogP contribution >= 0.6 is 0 Å². The molecule has 0 saturated heterocycles. The number of ether oxygens (including phenoxy) is 4. The maximum atomic E-state index is 13.0. The molecule has 0 spiro atoms. The zero-order chi connectivity index (χ0) is 32.7. The molecule has 3 heterocycles. The highest BCUT2D eigenvalue weighted by molar-refractivity contribution is 6.02. The number of hydrogen-bond donors (Lipinski definition) is 0. The summed E-state index contributed by atoms with van der Waals surface area (Å²) in [4.78, 5) is 36.4. The Kier molecular flexibility index (Phi) is 10.9. The molecular formula is C36H47N3O7. The minimum Gasteiger partial charge on any atom is -0.493 e. The third-order valence-electron chi connectivity index (χ3n) is 8.38. The van der Waals surface area contributed by atoms with Crippen LogP contribution in [0.3, 0.4) is 0 Å². The van der Waals surface area contributed by atoms with Crippen molar-refractivity contribution in [3.8, 4) is 5.75 Å². The quantitative estimate of drug-likeness (QED) is 0.150. The summed E-state index contributed by atoms with van der Waals surface area (Å²) < 4.78 is 29.9. The Labute approximate surface area is 271 Å². The predicted octanol–water partition coefficient (Wildman–Crippen LogP) is 7.39. The number of esters is 1. The lowest BCUT2D eigenvalue weighted by Gasteiger charge is -2.27. The Balaban J connectivity index is 1.28. The number of aromatic nitrogens is 1. The number of pyridine rings is 1. The number of aliphatic imine (C=N–C) groups is 1. The van der Waals surface area contributed by atoms with Crippen molar-refractivity contribution in [1.82, 2.24) is 9.88 Å². The SMILES string of the molecule is CCOC(=O)[C@H]1N=C(c2oc3cccc(OCCCN(Cc4cccnc4)C(=O)OC(C)(C)C)c3c2C)O[C@@H]1CC1CCCCC1. The fourth-order valence-electron chi connectivity index (χ4n) is 6.22. The van der Waals surface area contributed by atoms with E-state index in [9.17, 15) is 9.59 Å². The average Bonchev–Trinajstić information content (AvgIpc) is 3.60. The molecule has 2 aliphatic rings. The third kappa shape index (κ3) is 8.39. The lowest BCUT2D eigenvalue weighted by molar-refractivity contribution is -0.146. The van der Waals surface area contributed by atoms with Crippen molar-refractivity contribution in [3.05, 3.63) is 59.6 Å². The molecule has 1 amide bonds. The zero-order valence-corrected chi connectivity index (χ0v) is 27.8. The van der Waals surface area contributed by atoms with Crippen LogP contribution in [0.5, 0.6) is 5.75 Å². The first-order chi connectivity index (χ1) is 22.1.